The van der Waals surface area contributed by atoms with Crippen molar-refractivity contribution in [2.75, 3.05) is 33.4 Å². The molecule has 2 amide bonds. The highest BCUT2D eigenvalue weighted by Crippen LogP contribution is 1.93. The standard InChI is InChI=1S/C12H22N2O4/c1-3-4-9-18-10-7-13-12(17)14(2)8-5-6-11(15)16/h3H,1,4-10H2,2H3,(H,13,17)(H,15,16). The smallest absolute Gasteiger partial charge is 0.317 e. The molecule has 18 heavy (non-hydrogen) atoms. The van der Waals surface area contributed by atoms with Crippen LogP contribution in [0, 0.1) is 0 Å². The number of amides is 2. The number of carbonyl (C=O) groups is 2. The molecule has 2 N–H and O–H groups in total. The van der Waals surface area contributed by atoms with Crippen LogP contribution in [0.15, 0.2) is 12.7 Å². The third kappa shape index (κ3) is 9.65. The molecule has 0 rings (SSSR count). The summed E-state index contributed by atoms with van der Waals surface area (Å²) in [6, 6.07) is -0.215. The molecule has 6 heteroatoms. The molecule has 0 aliphatic rings. The van der Waals surface area contributed by atoms with Gasteiger partial charge in [-0.15, -0.1) is 6.58 Å². The molecule has 0 atom stereocenters. The van der Waals surface area contributed by atoms with Crippen LogP contribution < -0.4 is 5.32 Å². The van der Waals surface area contributed by atoms with Crippen molar-refractivity contribution >= 4 is 12.0 Å². The molecule has 0 heterocycles. The van der Waals surface area contributed by atoms with Gasteiger partial charge in [0.1, 0.15) is 0 Å². The number of nitrogens with zero attached hydrogens (tertiary/aromatic N) is 1. The first-order chi connectivity index (χ1) is 8.57. The Bertz CT molecular complexity index is 269. The Morgan fingerprint density at radius 1 is 1.44 bits per heavy atom. The van der Waals surface area contributed by atoms with Crippen LogP contribution in [-0.4, -0.2) is 55.4 Å². The third-order valence-corrected chi connectivity index (χ3v) is 2.22. The van der Waals surface area contributed by atoms with E-state index in [1.165, 1.54) is 4.90 Å². The van der Waals surface area contributed by atoms with Gasteiger partial charge in [0.15, 0.2) is 0 Å². The zero-order valence-corrected chi connectivity index (χ0v) is 10.9. The molecule has 0 aliphatic carbocycles. The fraction of sp³-hybridized carbons (Fsp3) is 0.667. The summed E-state index contributed by atoms with van der Waals surface area (Å²) >= 11 is 0. The molecule has 0 aromatic rings. The quantitative estimate of drug-likeness (QED) is 0.454. The molecule has 0 unspecified atom stereocenters. The lowest BCUT2D eigenvalue weighted by atomic mass is 10.3. The van der Waals surface area contributed by atoms with Crippen LogP contribution in [0.5, 0.6) is 0 Å². The first-order valence-corrected chi connectivity index (χ1v) is 5.97. The van der Waals surface area contributed by atoms with E-state index in [9.17, 15) is 9.59 Å². The molecule has 6 nitrogen and oxygen atoms in total. The van der Waals surface area contributed by atoms with Gasteiger partial charge >= 0.3 is 12.0 Å². The number of carboxylic acid groups (broad SMARTS) is 1. The van der Waals surface area contributed by atoms with Crippen LogP contribution in [0.3, 0.4) is 0 Å². The van der Waals surface area contributed by atoms with Crippen molar-refractivity contribution in [1.29, 1.82) is 0 Å². The monoisotopic (exact) mass is 258 g/mol. The van der Waals surface area contributed by atoms with E-state index in [1.807, 2.05) is 0 Å². The van der Waals surface area contributed by atoms with Crippen LogP contribution in [0.25, 0.3) is 0 Å². The topological polar surface area (TPSA) is 78.9 Å². The maximum atomic E-state index is 11.5. The first kappa shape index (κ1) is 16.4. The second kappa shape index (κ2) is 10.6. The number of hydrogen-bond acceptors (Lipinski definition) is 3. The van der Waals surface area contributed by atoms with Gasteiger partial charge < -0.3 is 20.1 Å². The third-order valence-electron chi connectivity index (χ3n) is 2.22. The normalized spacial score (nSPS) is 9.83. The fourth-order valence-corrected chi connectivity index (χ4v) is 1.20. The molecule has 0 radical (unpaired) electrons. The fourth-order valence-electron chi connectivity index (χ4n) is 1.20. The molecule has 0 spiro atoms. The lowest BCUT2D eigenvalue weighted by Crippen LogP contribution is -2.39. The number of carbonyl (C=O) groups excluding carboxylic acids is 1. The summed E-state index contributed by atoms with van der Waals surface area (Å²) in [6.07, 6.45) is 3.09. The van der Waals surface area contributed by atoms with E-state index < -0.39 is 5.97 Å². The maximum Gasteiger partial charge on any atom is 0.317 e. The van der Waals surface area contributed by atoms with Crippen molar-refractivity contribution in [3.05, 3.63) is 12.7 Å². The molecule has 0 saturated heterocycles. The largest absolute Gasteiger partial charge is 0.481 e. The van der Waals surface area contributed by atoms with Gasteiger partial charge in [0.25, 0.3) is 0 Å². The van der Waals surface area contributed by atoms with Crippen LogP contribution in [0.2, 0.25) is 0 Å². The lowest BCUT2D eigenvalue weighted by Gasteiger charge is -2.17. The van der Waals surface area contributed by atoms with Crippen LogP contribution in [0.4, 0.5) is 4.79 Å². The van der Waals surface area contributed by atoms with Crippen molar-refractivity contribution in [3.63, 3.8) is 0 Å². The van der Waals surface area contributed by atoms with E-state index in [0.29, 0.717) is 32.7 Å². The number of carboxylic acids is 1. The van der Waals surface area contributed by atoms with Crippen molar-refractivity contribution in [3.8, 4) is 0 Å². The Labute approximate surface area is 108 Å². The molecule has 0 saturated carbocycles. The minimum absolute atomic E-state index is 0.0717. The molecule has 104 valence electrons. The highest BCUT2D eigenvalue weighted by molar-refractivity contribution is 5.73. The van der Waals surface area contributed by atoms with E-state index in [4.69, 9.17) is 9.84 Å². The summed E-state index contributed by atoms with van der Waals surface area (Å²) in [5, 5.41) is 11.2. The Morgan fingerprint density at radius 3 is 2.78 bits per heavy atom. The average Bonchev–Trinajstić information content (AvgIpc) is 2.32. The molecule has 0 bridgehead atoms. The summed E-state index contributed by atoms with van der Waals surface area (Å²) < 4.78 is 5.23. The summed E-state index contributed by atoms with van der Waals surface area (Å²) in [4.78, 5) is 23.3. The lowest BCUT2D eigenvalue weighted by molar-refractivity contribution is -0.137. The molecular weight excluding hydrogens is 236 g/mol. The Morgan fingerprint density at radius 2 is 2.17 bits per heavy atom. The molecule has 0 aromatic heterocycles. The van der Waals surface area contributed by atoms with Gasteiger partial charge in [-0.3, -0.25) is 4.79 Å². The van der Waals surface area contributed by atoms with Crippen LogP contribution in [-0.2, 0) is 9.53 Å². The van der Waals surface area contributed by atoms with Crippen LogP contribution >= 0.6 is 0 Å². The van der Waals surface area contributed by atoms with Gasteiger partial charge in [-0.05, 0) is 12.8 Å². The predicted molar refractivity (Wildman–Crippen MR) is 68.5 cm³/mol. The predicted octanol–water partition coefficient (Wildman–Crippen LogP) is 1.09. The highest BCUT2D eigenvalue weighted by atomic mass is 16.5. The number of aliphatic carboxylic acids is 1. The minimum Gasteiger partial charge on any atom is -0.481 e. The SMILES string of the molecule is C=CCCOCCNC(=O)N(C)CCCC(=O)O. The van der Waals surface area contributed by atoms with E-state index >= 15 is 0 Å². The van der Waals surface area contributed by atoms with Crippen molar-refractivity contribution in [2.45, 2.75) is 19.3 Å². The molecule has 0 aliphatic heterocycles. The van der Waals surface area contributed by atoms with Gasteiger partial charge in [0, 0.05) is 26.6 Å². The molecule has 0 fully saturated rings. The Balaban J connectivity index is 3.49. The van der Waals surface area contributed by atoms with Gasteiger partial charge in [0.05, 0.1) is 13.2 Å². The van der Waals surface area contributed by atoms with E-state index in [2.05, 4.69) is 11.9 Å². The second-order valence-electron chi connectivity index (χ2n) is 3.84. The number of ether oxygens (including phenoxy) is 1. The highest BCUT2D eigenvalue weighted by Gasteiger charge is 2.07. The molecular formula is C12H22N2O4. The zero-order chi connectivity index (χ0) is 13.8. The maximum absolute atomic E-state index is 11.5. The van der Waals surface area contributed by atoms with E-state index in [0.717, 1.165) is 6.42 Å². The summed E-state index contributed by atoms with van der Waals surface area (Å²) in [5.74, 6) is -0.848. The number of hydrogen-bond donors (Lipinski definition) is 2. The van der Waals surface area contributed by atoms with E-state index in [-0.39, 0.29) is 12.5 Å². The van der Waals surface area contributed by atoms with Gasteiger partial charge in [-0.2, -0.15) is 0 Å². The summed E-state index contributed by atoms with van der Waals surface area (Å²) in [7, 11) is 1.63. The number of nitrogens with one attached hydrogen (secondary N) is 1. The Kier molecular flexibility index (Phi) is 9.67. The molecule has 0 aromatic carbocycles. The zero-order valence-electron chi connectivity index (χ0n) is 10.9. The first-order valence-electron chi connectivity index (χ1n) is 5.97. The number of urea groups is 1. The second-order valence-corrected chi connectivity index (χ2v) is 3.84. The minimum atomic E-state index is -0.848. The van der Waals surface area contributed by atoms with Crippen LogP contribution in [0.1, 0.15) is 19.3 Å². The van der Waals surface area contributed by atoms with Crippen molar-refractivity contribution < 1.29 is 19.4 Å². The van der Waals surface area contributed by atoms with Gasteiger partial charge in [0.2, 0.25) is 0 Å². The number of rotatable bonds is 10. The average molecular weight is 258 g/mol. The van der Waals surface area contributed by atoms with Crippen molar-refractivity contribution in [1.82, 2.24) is 10.2 Å². The summed E-state index contributed by atoms with van der Waals surface area (Å²) in [6.45, 7) is 5.51. The van der Waals surface area contributed by atoms with Gasteiger partial charge in [-0.25, -0.2) is 4.79 Å². The van der Waals surface area contributed by atoms with Gasteiger partial charge in [-0.1, -0.05) is 6.08 Å². The van der Waals surface area contributed by atoms with E-state index in [1.54, 1.807) is 13.1 Å². The Hall–Kier alpha value is -1.56. The van der Waals surface area contributed by atoms with Crippen molar-refractivity contribution in [2.24, 2.45) is 0 Å². The summed E-state index contributed by atoms with van der Waals surface area (Å²) in [5.41, 5.74) is 0.